The highest BCUT2D eigenvalue weighted by Gasteiger charge is 2.44. The molecule has 0 bridgehead atoms. The van der Waals surface area contributed by atoms with Gasteiger partial charge in [0.1, 0.15) is 0 Å². The third-order valence-electron chi connectivity index (χ3n) is 6.56. The summed E-state index contributed by atoms with van der Waals surface area (Å²) >= 11 is 3.57. The number of rotatable bonds is 5. The van der Waals surface area contributed by atoms with Gasteiger partial charge in [0.2, 0.25) is 0 Å². The van der Waals surface area contributed by atoms with Crippen molar-refractivity contribution >= 4 is 27.8 Å². The predicted molar refractivity (Wildman–Crippen MR) is 121 cm³/mol. The summed E-state index contributed by atoms with van der Waals surface area (Å²) in [5, 5.41) is 11.6. The van der Waals surface area contributed by atoms with Crippen LogP contribution in [0.5, 0.6) is 0 Å². The third kappa shape index (κ3) is 4.17. The SMILES string of the molecule is Cc1cc([C@@H]2C[C@H]2NC(=O)N(C2CC2)[C@@H]2CCCN(c3cccnn3)C2)ccc1Br. The molecule has 2 heterocycles. The van der Waals surface area contributed by atoms with Crippen molar-refractivity contribution in [3.63, 3.8) is 0 Å². The molecular formula is C23H28BrN5O. The zero-order chi connectivity index (χ0) is 20.7. The predicted octanol–water partition coefficient (Wildman–Crippen LogP) is 4.25. The molecule has 1 saturated heterocycles. The number of nitrogens with one attached hydrogen (secondary N) is 1. The number of nitrogens with zero attached hydrogens (tertiary/aromatic N) is 4. The number of aromatic nitrogens is 2. The fourth-order valence-electron chi connectivity index (χ4n) is 4.69. The molecule has 5 rings (SSSR count). The molecule has 2 aliphatic carbocycles. The van der Waals surface area contributed by atoms with E-state index in [1.165, 1.54) is 11.1 Å². The molecule has 3 atom stereocenters. The molecule has 0 radical (unpaired) electrons. The topological polar surface area (TPSA) is 61.4 Å². The Morgan fingerprint density at radius 1 is 1.23 bits per heavy atom. The van der Waals surface area contributed by atoms with Crippen molar-refractivity contribution < 1.29 is 4.79 Å². The van der Waals surface area contributed by atoms with E-state index < -0.39 is 0 Å². The van der Waals surface area contributed by atoms with Gasteiger partial charge in [0.05, 0.1) is 6.04 Å². The largest absolute Gasteiger partial charge is 0.353 e. The molecule has 1 aromatic carbocycles. The quantitative estimate of drug-likeness (QED) is 0.710. The number of hydrogen-bond acceptors (Lipinski definition) is 4. The minimum atomic E-state index is 0.116. The van der Waals surface area contributed by atoms with E-state index in [0.717, 1.165) is 55.5 Å². The maximum atomic E-state index is 13.3. The van der Waals surface area contributed by atoms with Gasteiger partial charge < -0.3 is 15.1 Å². The highest BCUT2D eigenvalue weighted by Crippen LogP contribution is 2.42. The normalized spacial score (nSPS) is 25.7. The van der Waals surface area contributed by atoms with Gasteiger partial charge in [-0.05, 0) is 68.4 Å². The lowest BCUT2D eigenvalue weighted by molar-refractivity contribution is 0.160. The van der Waals surface area contributed by atoms with Crippen LogP contribution < -0.4 is 10.2 Å². The molecule has 3 fully saturated rings. The summed E-state index contributed by atoms with van der Waals surface area (Å²) in [6.07, 6.45) is 7.10. The number of hydrogen-bond donors (Lipinski definition) is 1. The number of urea groups is 1. The Bertz CT molecular complexity index is 919. The zero-order valence-corrected chi connectivity index (χ0v) is 18.9. The fourth-order valence-corrected chi connectivity index (χ4v) is 4.94. The van der Waals surface area contributed by atoms with Gasteiger partial charge in [-0.25, -0.2) is 4.79 Å². The van der Waals surface area contributed by atoms with Crippen LogP contribution in [0.2, 0.25) is 0 Å². The van der Waals surface area contributed by atoms with Gasteiger partial charge in [-0.15, -0.1) is 5.10 Å². The van der Waals surface area contributed by atoms with Crippen LogP contribution in [0.25, 0.3) is 0 Å². The molecule has 2 saturated carbocycles. The molecule has 0 unspecified atom stereocenters. The zero-order valence-electron chi connectivity index (χ0n) is 17.3. The monoisotopic (exact) mass is 469 g/mol. The number of benzene rings is 1. The molecule has 1 N–H and O–H groups in total. The lowest BCUT2D eigenvalue weighted by atomic mass is 10.0. The van der Waals surface area contributed by atoms with E-state index in [1.54, 1.807) is 6.20 Å². The Hall–Kier alpha value is -2.15. The first-order valence-electron chi connectivity index (χ1n) is 11.0. The smallest absolute Gasteiger partial charge is 0.318 e. The van der Waals surface area contributed by atoms with Crippen molar-refractivity contribution in [3.05, 3.63) is 52.1 Å². The van der Waals surface area contributed by atoms with Crippen molar-refractivity contribution in [1.82, 2.24) is 20.4 Å². The highest BCUT2D eigenvalue weighted by molar-refractivity contribution is 9.10. The Morgan fingerprint density at radius 3 is 2.83 bits per heavy atom. The number of carbonyl (C=O) groups excluding carboxylic acids is 1. The van der Waals surface area contributed by atoms with Crippen molar-refractivity contribution in [1.29, 1.82) is 0 Å². The molecule has 2 aromatic rings. The molecule has 6 nitrogen and oxygen atoms in total. The van der Waals surface area contributed by atoms with Crippen molar-refractivity contribution in [3.8, 4) is 0 Å². The van der Waals surface area contributed by atoms with Crippen LogP contribution >= 0.6 is 15.9 Å². The van der Waals surface area contributed by atoms with E-state index >= 15 is 0 Å². The van der Waals surface area contributed by atoms with Crippen LogP contribution in [0.1, 0.15) is 49.1 Å². The maximum Gasteiger partial charge on any atom is 0.318 e. The summed E-state index contributed by atoms with van der Waals surface area (Å²) in [6, 6.07) is 11.4. The van der Waals surface area contributed by atoms with Gasteiger partial charge in [-0.1, -0.05) is 28.1 Å². The Balaban J connectivity index is 1.24. The number of carbonyl (C=O) groups is 1. The van der Waals surface area contributed by atoms with Crippen LogP contribution in [0, 0.1) is 6.92 Å². The van der Waals surface area contributed by atoms with Gasteiger partial charge in [0, 0.05) is 41.8 Å². The summed E-state index contributed by atoms with van der Waals surface area (Å²) in [5.74, 6) is 1.34. The number of amides is 2. The summed E-state index contributed by atoms with van der Waals surface area (Å²) < 4.78 is 1.14. The molecule has 30 heavy (non-hydrogen) atoms. The van der Waals surface area contributed by atoms with Crippen molar-refractivity contribution in [2.45, 2.75) is 63.1 Å². The first-order valence-corrected chi connectivity index (χ1v) is 11.8. The summed E-state index contributed by atoms with van der Waals surface area (Å²) in [5.41, 5.74) is 2.57. The Kier molecular flexibility index (Phi) is 5.39. The van der Waals surface area contributed by atoms with Crippen LogP contribution in [0.3, 0.4) is 0 Å². The minimum Gasteiger partial charge on any atom is -0.353 e. The first-order chi connectivity index (χ1) is 14.6. The molecular weight excluding hydrogens is 442 g/mol. The van der Waals surface area contributed by atoms with E-state index in [-0.39, 0.29) is 18.1 Å². The number of aryl methyl sites for hydroxylation is 1. The highest BCUT2D eigenvalue weighted by atomic mass is 79.9. The van der Waals surface area contributed by atoms with Gasteiger partial charge >= 0.3 is 6.03 Å². The van der Waals surface area contributed by atoms with Crippen molar-refractivity contribution in [2.24, 2.45) is 0 Å². The fraction of sp³-hybridized carbons (Fsp3) is 0.522. The molecule has 158 valence electrons. The average molecular weight is 470 g/mol. The summed E-state index contributed by atoms with van der Waals surface area (Å²) in [6.45, 7) is 3.93. The summed E-state index contributed by atoms with van der Waals surface area (Å²) in [4.78, 5) is 17.7. The van der Waals surface area contributed by atoms with E-state index in [0.29, 0.717) is 12.0 Å². The van der Waals surface area contributed by atoms with Crippen molar-refractivity contribution in [2.75, 3.05) is 18.0 Å². The Labute approximate surface area is 186 Å². The van der Waals surface area contributed by atoms with E-state index in [1.807, 2.05) is 12.1 Å². The molecule has 7 heteroatoms. The molecule has 2 amide bonds. The van der Waals surface area contributed by atoms with E-state index in [2.05, 4.69) is 66.4 Å². The van der Waals surface area contributed by atoms with Crippen LogP contribution in [-0.4, -0.2) is 52.3 Å². The lowest BCUT2D eigenvalue weighted by Crippen LogP contribution is -2.54. The second-order valence-electron chi connectivity index (χ2n) is 8.87. The van der Waals surface area contributed by atoms with Gasteiger partial charge in [-0.2, -0.15) is 5.10 Å². The molecule has 1 aliphatic heterocycles. The van der Waals surface area contributed by atoms with Gasteiger partial charge in [0.15, 0.2) is 5.82 Å². The Morgan fingerprint density at radius 2 is 2.10 bits per heavy atom. The van der Waals surface area contributed by atoms with Crippen LogP contribution in [0.15, 0.2) is 41.0 Å². The molecule has 0 spiro atoms. The molecule has 1 aromatic heterocycles. The summed E-state index contributed by atoms with van der Waals surface area (Å²) in [7, 11) is 0. The lowest BCUT2D eigenvalue weighted by Gasteiger charge is -2.40. The number of anilines is 1. The second-order valence-corrected chi connectivity index (χ2v) is 9.72. The average Bonchev–Trinajstić information content (AvgIpc) is 3.68. The van der Waals surface area contributed by atoms with Crippen LogP contribution in [-0.2, 0) is 0 Å². The number of halogens is 1. The van der Waals surface area contributed by atoms with Crippen LogP contribution in [0.4, 0.5) is 10.6 Å². The second kappa shape index (κ2) is 8.17. The van der Waals surface area contributed by atoms with Gasteiger partial charge in [-0.3, -0.25) is 0 Å². The minimum absolute atomic E-state index is 0.116. The van der Waals surface area contributed by atoms with Gasteiger partial charge in [0.25, 0.3) is 0 Å². The molecule has 3 aliphatic rings. The first kappa shape index (κ1) is 19.8. The maximum absolute atomic E-state index is 13.3. The standard InChI is InChI=1S/C23H28BrN5O/c1-15-12-16(6-9-20(15)24)19-13-21(19)26-23(30)29(17-7-8-17)18-4-3-11-28(14-18)22-5-2-10-25-27-22/h2,5-6,9-10,12,17-19,21H,3-4,7-8,11,13-14H2,1H3,(H,26,30)/t18-,19+,21-/m1/s1. The van der Waals surface area contributed by atoms with E-state index in [9.17, 15) is 4.79 Å². The van der Waals surface area contributed by atoms with E-state index in [4.69, 9.17) is 0 Å². The third-order valence-corrected chi connectivity index (χ3v) is 7.45. The number of piperidine rings is 1.